The van der Waals surface area contributed by atoms with E-state index < -0.39 is 0 Å². The van der Waals surface area contributed by atoms with Crippen LogP contribution in [0, 0.1) is 0 Å². The first-order valence-corrected chi connectivity index (χ1v) is 6.46. The molecule has 0 aliphatic carbocycles. The third-order valence-electron chi connectivity index (χ3n) is 1.98. The molecule has 0 spiro atoms. The standard InChI is InChI=1S/C11H9BrN2OS/c12-9(8-4-2-1-3-5-8)10(15)14-11-13-6-7-16-11/h1-7,9H,(H,13,14,15). The maximum atomic E-state index is 11.8. The molecule has 2 rings (SSSR count). The Labute approximate surface area is 106 Å². The minimum atomic E-state index is -0.349. The normalized spacial score (nSPS) is 12.1. The highest BCUT2D eigenvalue weighted by atomic mass is 79.9. The van der Waals surface area contributed by atoms with E-state index in [1.54, 1.807) is 6.20 Å². The summed E-state index contributed by atoms with van der Waals surface area (Å²) in [4.78, 5) is 15.5. The summed E-state index contributed by atoms with van der Waals surface area (Å²) in [5, 5.41) is 5.18. The first-order chi connectivity index (χ1) is 7.77. The summed E-state index contributed by atoms with van der Waals surface area (Å²) in [6.45, 7) is 0. The van der Waals surface area contributed by atoms with Gasteiger partial charge < -0.3 is 5.32 Å². The number of rotatable bonds is 3. The van der Waals surface area contributed by atoms with Crippen molar-refractivity contribution < 1.29 is 4.79 Å². The lowest BCUT2D eigenvalue weighted by Crippen LogP contribution is -2.16. The fourth-order valence-corrected chi connectivity index (χ4v) is 2.18. The molecule has 16 heavy (non-hydrogen) atoms. The summed E-state index contributed by atoms with van der Waals surface area (Å²) in [6.07, 6.45) is 1.66. The number of nitrogens with one attached hydrogen (secondary N) is 1. The Balaban J connectivity index is 2.05. The van der Waals surface area contributed by atoms with Crippen LogP contribution in [-0.2, 0) is 4.79 Å². The molecule has 3 nitrogen and oxygen atoms in total. The highest BCUT2D eigenvalue weighted by Gasteiger charge is 2.17. The Bertz CT molecular complexity index is 458. The van der Waals surface area contributed by atoms with Gasteiger partial charge in [0.1, 0.15) is 4.83 Å². The molecule has 1 atom stereocenters. The third kappa shape index (κ3) is 2.68. The van der Waals surface area contributed by atoms with Gasteiger partial charge in [0.05, 0.1) is 0 Å². The molecule has 0 aliphatic rings. The Morgan fingerprint density at radius 2 is 2.12 bits per heavy atom. The second kappa shape index (κ2) is 5.23. The molecular formula is C11H9BrN2OS. The summed E-state index contributed by atoms with van der Waals surface area (Å²) in [5.74, 6) is -0.110. The van der Waals surface area contributed by atoms with Crippen molar-refractivity contribution in [1.29, 1.82) is 0 Å². The van der Waals surface area contributed by atoms with Gasteiger partial charge >= 0.3 is 0 Å². The van der Waals surface area contributed by atoms with Gasteiger partial charge in [-0.15, -0.1) is 11.3 Å². The number of aromatic nitrogens is 1. The third-order valence-corrected chi connectivity index (χ3v) is 3.62. The van der Waals surface area contributed by atoms with Crippen LogP contribution in [0.2, 0.25) is 0 Å². The first-order valence-electron chi connectivity index (χ1n) is 4.67. The summed E-state index contributed by atoms with van der Waals surface area (Å²) in [5.41, 5.74) is 0.927. The zero-order valence-corrected chi connectivity index (χ0v) is 10.7. The molecule has 1 aromatic carbocycles. The van der Waals surface area contributed by atoms with E-state index in [9.17, 15) is 4.79 Å². The maximum absolute atomic E-state index is 11.8. The Kier molecular flexibility index (Phi) is 3.69. The van der Waals surface area contributed by atoms with Gasteiger partial charge in [0.2, 0.25) is 5.91 Å². The van der Waals surface area contributed by atoms with Crippen molar-refractivity contribution in [3.8, 4) is 0 Å². The van der Waals surface area contributed by atoms with E-state index in [1.807, 2.05) is 35.7 Å². The van der Waals surface area contributed by atoms with Crippen molar-refractivity contribution in [2.24, 2.45) is 0 Å². The molecule has 0 saturated carbocycles. The SMILES string of the molecule is O=C(Nc1nccs1)C(Br)c1ccccc1. The number of anilines is 1. The number of thiazole rings is 1. The highest BCUT2D eigenvalue weighted by molar-refractivity contribution is 9.09. The van der Waals surface area contributed by atoms with Crippen LogP contribution in [0.15, 0.2) is 41.9 Å². The van der Waals surface area contributed by atoms with E-state index in [-0.39, 0.29) is 10.7 Å². The zero-order valence-electron chi connectivity index (χ0n) is 8.26. The Hall–Kier alpha value is -1.20. The van der Waals surface area contributed by atoms with Gasteiger partial charge in [0.25, 0.3) is 0 Å². The van der Waals surface area contributed by atoms with Crippen LogP contribution in [0.25, 0.3) is 0 Å². The Morgan fingerprint density at radius 1 is 1.38 bits per heavy atom. The van der Waals surface area contributed by atoms with Crippen molar-refractivity contribution in [3.63, 3.8) is 0 Å². The molecule has 0 fully saturated rings. The fourth-order valence-electron chi connectivity index (χ4n) is 1.23. The minimum absolute atomic E-state index is 0.110. The number of hydrogen-bond donors (Lipinski definition) is 1. The van der Waals surface area contributed by atoms with Crippen molar-refractivity contribution in [2.75, 3.05) is 5.32 Å². The van der Waals surface area contributed by atoms with Crippen molar-refractivity contribution >= 4 is 38.3 Å². The van der Waals surface area contributed by atoms with E-state index in [0.717, 1.165) is 5.56 Å². The largest absolute Gasteiger partial charge is 0.301 e. The first kappa shape index (κ1) is 11.3. The number of hydrogen-bond acceptors (Lipinski definition) is 3. The number of benzene rings is 1. The molecule has 1 N–H and O–H groups in total. The molecule has 0 radical (unpaired) electrons. The molecule has 0 saturated heterocycles. The van der Waals surface area contributed by atoms with E-state index in [1.165, 1.54) is 11.3 Å². The zero-order chi connectivity index (χ0) is 11.4. The molecule has 5 heteroatoms. The second-order valence-corrected chi connectivity index (χ2v) is 4.91. The average molecular weight is 297 g/mol. The molecule has 82 valence electrons. The average Bonchev–Trinajstić information content (AvgIpc) is 2.82. The van der Waals surface area contributed by atoms with Crippen LogP contribution in [-0.4, -0.2) is 10.9 Å². The van der Waals surface area contributed by atoms with Crippen LogP contribution in [0.5, 0.6) is 0 Å². The monoisotopic (exact) mass is 296 g/mol. The van der Waals surface area contributed by atoms with E-state index in [0.29, 0.717) is 5.13 Å². The van der Waals surface area contributed by atoms with Gasteiger partial charge in [-0.1, -0.05) is 46.3 Å². The van der Waals surface area contributed by atoms with Gasteiger partial charge in [0.15, 0.2) is 5.13 Å². The Morgan fingerprint density at radius 3 is 2.75 bits per heavy atom. The minimum Gasteiger partial charge on any atom is -0.301 e. The molecule has 1 heterocycles. The van der Waals surface area contributed by atoms with Crippen LogP contribution in [0.4, 0.5) is 5.13 Å². The fraction of sp³-hybridized carbons (Fsp3) is 0.0909. The van der Waals surface area contributed by atoms with Gasteiger partial charge in [-0.05, 0) is 5.56 Å². The van der Waals surface area contributed by atoms with Crippen molar-refractivity contribution in [1.82, 2.24) is 4.98 Å². The van der Waals surface area contributed by atoms with Gasteiger partial charge in [0, 0.05) is 11.6 Å². The predicted molar refractivity (Wildman–Crippen MR) is 68.9 cm³/mol. The molecule has 1 amide bonds. The number of halogens is 1. The van der Waals surface area contributed by atoms with Crippen molar-refractivity contribution in [2.45, 2.75) is 4.83 Å². The van der Waals surface area contributed by atoms with Gasteiger partial charge in [-0.25, -0.2) is 4.98 Å². The van der Waals surface area contributed by atoms with E-state index >= 15 is 0 Å². The number of nitrogens with zero attached hydrogens (tertiary/aromatic N) is 1. The van der Waals surface area contributed by atoms with Crippen LogP contribution in [0.3, 0.4) is 0 Å². The summed E-state index contributed by atoms with van der Waals surface area (Å²) in [7, 11) is 0. The molecule has 1 unspecified atom stereocenters. The van der Waals surface area contributed by atoms with Gasteiger partial charge in [-0.3, -0.25) is 4.79 Å². The van der Waals surface area contributed by atoms with Crippen LogP contribution >= 0.6 is 27.3 Å². The summed E-state index contributed by atoms with van der Waals surface area (Å²) >= 11 is 4.76. The smallest absolute Gasteiger partial charge is 0.244 e. The van der Waals surface area contributed by atoms with Crippen molar-refractivity contribution in [3.05, 3.63) is 47.5 Å². The summed E-state index contributed by atoms with van der Waals surface area (Å²) < 4.78 is 0. The van der Waals surface area contributed by atoms with E-state index in [2.05, 4.69) is 26.2 Å². The second-order valence-electron chi connectivity index (χ2n) is 3.10. The van der Waals surface area contributed by atoms with Crippen LogP contribution in [0.1, 0.15) is 10.4 Å². The molecule has 0 bridgehead atoms. The number of amides is 1. The number of alkyl halides is 1. The number of carbonyl (C=O) groups excluding carboxylic acids is 1. The molecular weight excluding hydrogens is 288 g/mol. The predicted octanol–water partition coefficient (Wildman–Crippen LogP) is 3.22. The quantitative estimate of drug-likeness (QED) is 0.884. The summed E-state index contributed by atoms with van der Waals surface area (Å²) in [6, 6.07) is 9.53. The van der Waals surface area contributed by atoms with Crippen LogP contribution < -0.4 is 5.32 Å². The molecule has 2 aromatic rings. The lowest BCUT2D eigenvalue weighted by atomic mass is 10.1. The lowest BCUT2D eigenvalue weighted by molar-refractivity contribution is -0.115. The topological polar surface area (TPSA) is 42.0 Å². The highest BCUT2D eigenvalue weighted by Crippen LogP contribution is 2.24. The lowest BCUT2D eigenvalue weighted by Gasteiger charge is -2.08. The molecule has 0 aliphatic heterocycles. The number of carbonyl (C=O) groups is 1. The maximum Gasteiger partial charge on any atom is 0.244 e. The molecule has 1 aromatic heterocycles. The van der Waals surface area contributed by atoms with E-state index in [4.69, 9.17) is 0 Å². The van der Waals surface area contributed by atoms with Gasteiger partial charge in [-0.2, -0.15) is 0 Å².